The van der Waals surface area contributed by atoms with Crippen molar-refractivity contribution < 1.29 is 26.9 Å². The molecule has 0 N–H and O–H groups in total. The Bertz CT molecular complexity index is 962. The highest BCUT2D eigenvalue weighted by Crippen LogP contribution is 2.53. The smallest absolute Gasteiger partial charge is 0.305 e. The van der Waals surface area contributed by atoms with Gasteiger partial charge in [0, 0.05) is 17.8 Å². The zero-order valence-corrected chi connectivity index (χ0v) is 18.9. The van der Waals surface area contributed by atoms with Crippen molar-refractivity contribution in [2.75, 3.05) is 19.5 Å². The summed E-state index contributed by atoms with van der Waals surface area (Å²) in [6.07, 6.45) is 3.50. The molecule has 0 amide bonds. The molecule has 1 aromatic rings. The number of carbonyl (C=O) groups is 1. The molecule has 0 spiro atoms. The van der Waals surface area contributed by atoms with Gasteiger partial charge < -0.3 is 13.7 Å². The lowest BCUT2D eigenvalue weighted by atomic mass is 9.87. The van der Waals surface area contributed by atoms with E-state index in [-0.39, 0.29) is 29.8 Å². The lowest BCUT2D eigenvalue weighted by molar-refractivity contribution is -0.117. The highest BCUT2D eigenvalue weighted by Gasteiger charge is 2.53. The maximum absolute atomic E-state index is 13.7. The van der Waals surface area contributed by atoms with Crippen molar-refractivity contribution in [3.8, 4) is 0 Å². The number of fused-ring (bicyclic) bond motifs is 1. The molecule has 1 aliphatic heterocycles. The van der Waals surface area contributed by atoms with Gasteiger partial charge in [-0.3, -0.25) is 4.79 Å². The molecule has 1 saturated carbocycles. The summed E-state index contributed by atoms with van der Waals surface area (Å²) in [5, 5.41) is 0. The Kier molecular flexibility index (Phi) is 5.81. The number of ketones is 1. The van der Waals surface area contributed by atoms with E-state index in [1.165, 1.54) is 0 Å². The van der Waals surface area contributed by atoms with Crippen LogP contribution in [0.25, 0.3) is 5.57 Å². The molecule has 2 fully saturated rings. The third-order valence-electron chi connectivity index (χ3n) is 6.50. The van der Waals surface area contributed by atoms with E-state index in [2.05, 4.69) is 26.0 Å². The molecule has 1 heterocycles. The van der Waals surface area contributed by atoms with Crippen molar-refractivity contribution >= 4 is 21.5 Å². The SMILES string of the molecule is CCc1cc(C)cc(CC)c1C1=C(OS(C)(=O)=O)C2CC(C3OCCO3)CC2C1=O. The van der Waals surface area contributed by atoms with E-state index in [0.29, 0.717) is 37.4 Å². The maximum Gasteiger partial charge on any atom is 0.305 e. The molecule has 0 bridgehead atoms. The molecule has 3 unspecified atom stereocenters. The topological polar surface area (TPSA) is 78.9 Å². The Balaban J connectivity index is 1.83. The van der Waals surface area contributed by atoms with Crippen LogP contribution in [0.3, 0.4) is 0 Å². The average Bonchev–Trinajstić information content (AvgIpc) is 3.39. The van der Waals surface area contributed by atoms with Crippen LogP contribution in [0.2, 0.25) is 0 Å². The maximum atomic E-state index is 13.7. The summed E-state index contributed by atoms with van der Waals surface area (Å²) >= 11 is 0. The molecule has 3 atom stereocenters. The standard InChI is InChI=1S/C23H30O6S/c1-5-14-9-13(3)10-15(6-2)19(14)20-21(24)17-11-16(23-27-7-8-28-23)12-18(17)22(20)29-30(4,25)26/h9-10,16-18,23H,5-8,11-12H2,1-4H3. The minimum absolute atomic E-state index is 0.00704. The van der Waals surface area contributed by atoms with Crippen molar-refractivity contribution in [3.63, 3.8) is 0 Å². The quantitative estimate of drug-likeness (QED) is 0.639. The Hall–Kier alpha value is -1.70. The number of ether oxygens (including phenoxy) is 2. The van der Waals surface area contributed by atoms with E-state index >= 15 is 0 Å². The number of aryl methyl sites for hydroxylation is 3. The first-order chi connectivity index (χ1) is 14.2. The summed E-state index contributed by atoms with van der Waals surface area (Å²) in [6.45, 7) is 7.27. The van der Waals surface area contributed by atoms with Crippen molar-refractivity contribution in [3.05, 3.63) is 40.1 Å². The number of allylic oxidation sites excluding steroid dienone is 2. The van der Waals surface area contributed by atoms with Crippen molar-refractivity contribution in [1.82, 2.24) is 0 Å². The molecule has 3 aliphatic rings. The lowest BCUT2D eigenvalue weighted by Crippen LogP contribution is -2.21. The van der Waals surface area contributed by atoms with E-state index in [4.69, 9.17) is 13.7 Å². The first-order valence-electron chi connectivity index (χ1n) is 10.8. The molecule has 30 heavy (non-hydrogen) atoms. The van der Waals surface area contributed by atoms with Gasteiger partial charge in [0.1, 0.15) is 5.76 Å². The second-order valence-electron chi connectivity index (χ2n) is 8.61. The number of hydrogen-bond acceptors (Lipinski definition) is 6. The first-order valence-corrected chi connectivity index (χ1v) is 12.6. The fourth-order valence-corrected chi connectivity index (χ4v) is 5.89. The molecule has 7 heteroatoms. The largest absolute Gasteiger partial charge is 0.386 e. The summed E-state index contributed by atoms with van der Waals surface area (Å²) in [7, 11) is -3.77. The van der Waals surface area contributed by atoms with Crippen LogP contribution >= 0.6 is 0 Å². The molecule has 4 rings (SSSR count). The summed E-state index contributed by atoms with van der Waals surface area (Å²) in [4.78, 5) is 13.7. The van der Waals surface area contributed by atoms with Gasteiger partial charge in [-0.25, -0.2) is 0 Å². The van der Waals surface area contributed by atoms with Gasteiger partial charge in [-0.2, -0.15) is 8.42 Å². The summed E-state index contributed by atoms with van der Waals surface area (Å²) < 4.78 is 41.2. The fraction of sp³-hybridized carbons (Fsp3) is 0.609. The van der Waals surface area contributed by atoms with Crippen LogP contribution in [-0.2, 0) is 41.4 Å². The predicted molar refractivity (Wildman–Crippen MR) is 113 cm³/mol. The van der Waals surface area contributed by atoms with Crippen LogP contribution in [0.4, 0.5) is 0 Å². The van der Waals surface area contributed by atoms with Gasteiger partial charge >= 0.3 is 10.1 Å². The molecular weight excluding hydrogens is 404 g/mol. The van der Waals surface area contributed by atoms with Crippen molar-refractivity contribution in [2.24, 2.45) is 17.8 Å². The molecule has 0 radical (unpaired) electrons. The van der Waals surface area contributed by atoms with Gasteiger partial charge in [0.15, 0.2) is 12.1 Å². The third kappa shape index (κ3) is 3.83. The molecular formula is C23H30O6S. The lowest BCUT2D eigenvalue weighted by Gasteiger charge is -2.20. The summed E-state index contributed by atoms with van der Waals surface area (Å²) in [5.74, 6) is -0.157. The fourth-order valence-electron chi connectivity index (χ4n) is 5.35. The van der Waals surface area contributed by atoms with Gasteiger partial charge in [-0.05, 0) is 49.3 Å². The second kappa shape index (κ2) is 8.09. The van der Waals surface area contributed by atoms with Gasteiger partial charge in [0.05, 0.1) is 25.0 Å². The van der Waals surface area contributed by atoms with Crippen LogP contribution < -0.4 is 0 Å². The van der Waals surface area contributed by atoms with E-state index in [1.54, 1.807) is 0 Å². The van der Waals surface area contributed by atoms with E-state index < -0.39 is 10.1 Å². The van der Waals surface area contributed by atoms with E-state index in [1.807, 2.05) is 6.92 Å². The van der Waals surface area contributed by atoms with Crippen LogP contribution in [0, 0.1) is 24.7 Å². The number of carbonyl (C=O) groups excluding carboxylic acids is 1. The number of Topliss-reactive ketones (excluding diaryl/α,β-unsaturated/α-hetero) is 1. The zero-order chi connectivity index (χ0) is 21.6. The Morgan fingerprint density at radius 1 is 1.03 bits per heavy atom. The van der Waals surface area contributed by atoms with Crippen molar-refractivity contribution in [1.29, 1.82) is 0 Å². The van der Waals surface area contributed by atoms with Gasteiger partial charge in [0.25, 0.3) is 0 Å². The van der Waals surface area contributed by atoms with Crippen LogP contribution in [-0.4, -0.2) is 40.0 Å². The molecule has 164 valence electrons. The van der Waals surface area contributed by atoms with Gasteiger partial charge in [-0.1, -0.05) is 31.5 Å². The van der Waals surface area contributed by atoms with Crippen LogP contribution in [0.5, 0.6) is 0 Å². The van der Waals surface area contributed by atoms with Crippen LogP contribution in [0.15, 0.2) is 17.9 Å². The molecule has 1 aromatic carbocycles. The molecule has 0 aromatic heterocycles. The molecule has 2 aliphatic carbocycles. The first kappa shape index (κ1) is 21.5. The minimum atomic E-state index is -3.77. The average molecular weight is 435 g/mol. The second-order valence-corrected chi connectivity index (χ2v) is 10.2. The third-order valence-corrected chi connectivity index (χ3v) is 6.98. The highest BCUT2D eigenvalue weighted by molar-refractivity contribution is 7.86. The molecule has 1 saturated heterocycles. The van der Waals surface area contributed by atoms with Gasteiger partial charge in [0.2, 0.25) is 0 Å². The van der Waals surface area contributed by atoms with E-state index in [0.717, 1.165) is 41.4 Å². The van der Waals surface area contributed by atoms with E-state index in [9.17, 15) is 13.2 Å². The number of rotatable bonds is 6. The van der Waals surface area contributed by atoms with Crippen LogP contribution in [0.1, 0.15) is 48.9 Å². The summed E-state index contributed by atoms with van der Waals surface area (Å²) in [6, 6.07) is 4.17. The summed E-state index contributed by atoms with van der Waals surface area (Å²) in [5.41, 5.74) is 4.59. The number of benzene rings is 1. The monoisotopic (exact) mass is 434 g/mol. The highest BCUT2D eigenvalue weighted by atomic mass is 32.2. The predicted octanol–water partition coefficient (Wildman–Crippen LogP) is 3.41. The Morgan fingerprint density at radius 3 is 2.13 bits per heavy atom. The number of hydrogen-bond donors (Lipinski definition) is 0. The minimum Gasteiger partial charge on any atom is -0.386 e. The normalized spacial score (nSPS) is 27.2. The van der Waals surface area contributed by atoms with Gasteiger partial charge in [-0.15, -0.1) is 0 Å². The Morgan fingerprint density at radius 2 is 1.60 bits per heavy atom. The Labute approximate surface area is 178 Å². The van der Waals surface area contributed by atoms with Crippen molar-refractivity contribution in [2.45, 2.75) is 52.7 Å². The molecule has 6 nitrogen and oxygen atoms in total. The zero-order valence-electron chi connectivity index (χ0n) is 18.1.